The van der Waals surface area contributed by atoms with Gasteiger partial charge in [0, 0.05) is 13.0 Å². The second-order valence-electron chi connectivity index (χ2n) is 2.50. The fraction of sp³-hybridized carbons (Fsp3) is 0.714. The molecule has 0 saturated carbocycles. The van der Waals surface area contributed by atoms with Crippen LogP contribution < -0.4 is 16.2 Å². The fourth-order valence-electron chi connectivity index (χ4n) is 0.489. The van der Waals surface area contributed by atoms with E-state index in [0.717, 1.165) is 6.42 Å². The van der Waals surface area contributed by atoms with E-state index in [2.05, 4.69) is 16.2 Å². The molecular weight excluding hydrogens is 174 g/mol. The molecule has 3 N–H and O–H groups in total. The van der Waals surface area contributed by atoms with Gasteiger partial charge in [0.1, 0.15) is 0 Å². The van der Waals surface area contributed by atoms with Crippen LogP contribution in [0.15, 0.2) is 0 Å². The Hall–Kier alpha value is -0.840. The Morgan fingerprint density at radius 3 is 2.50 bits per heavy atom. The SMILES string of the molecule is CCC(C)C(=O)NNC(=S)NC. The standard InChI is InChI=1S/C7H15N3OS/c1-4-5(2)6(11)9-10-7(12)8-3/h5H,4H2,1-3H3,(H,9,11)(H2,8,10,12). The van der Waals surface area contributed by atoms with Crippen molar-refractivity contribution in [3.63, 3.8) is 0 Å². The minimum atomic E-state index is -0.0462. The molecular formula is C7H15N3OS. The molecule has 5 heteroatoms. The van der Waals surface area contributed by atoms with E-state index in [1.54, 1.807) is 7.05 Å². The van der Waals surface area contributed by atoms with Gasteiger partial charge >= 0.3 is 0 Å². The summed E-state index contributed by atoms with van der Waals surface area (Å²) in [5, 5.41) is 3.09. The van der Waals surface area contributed by atoms with E-state index in [0.29, 0.717) is 5.11 Å². The zero-order valence-electron chi connectivity index (χ0n) is 7.60. The van der Waals surface area contributed by atoms with Crippen LogP contribution in [0, 0.1) is 5.92 Å². The summed E-state index contributed by atoms with van der Waals surface area (Å²) in [6.45, 7) is 3.82. The molecule has 0 aromatic heterocycles. The van der Waals surface area contributed by atoms with Crippen molar-refractivity contribution >= 4 is 23.2 Å². The third-order valence-electron chi connectivity index (χ3n) is 1.59. The van der Waals surface area contributed by atoms with E-state index in [-0.39, 0.29) is 11.8 Å². The zero-order valence-corrected chi connectivity index (χ0v) is 8.42. The molecule has 1 unspecified atom stereocenters. The second-order valence-corrected chi connectivity index (χ2v) is 2.91. The molecule has 4 nitrogen and oxygen atoms in total. The zero-order chi connectivity index (χ0) is 9.56. The normalized spacial score (nSPS) is 11.6. The second kappa shape index (κ2) is 5.77. The van der Waals surface area contributed by atoms with Gasteiger partial charge in [-0.05, 0) is 18.6 Å². The smallest absolute Gasteiger partial charge is 0.241 e. The van der Waals surface area contributed by atoms with E-state index < -0.39 is 0 Å². The number of rotatable bonds is 2. The highest BCUT2D eigenvalue weighted by Crippen LogP contribution is 1.98. The van der Waals surface area contributed by atoms with Gasteiger partial charge in [0.25, 0.3) is 0 Å². The molecule has 1 amide bonds. The maximum atomic E-state index is 11.1. The Bertz CT molecular complexity index is 172. The van der Waals surface area contributed by atoms with Crippen LogP contribution >= 0.6 is 12.2 Å². The average molecular weight is 189 g/mol. The van der Waals surface area contributed by atoms with Gasteiger partial charge in [0.2, 0.25) is 5.91 Å². The summed E-state index contributed by atoms with van der Waals surface area (Å²) in [5.41, 5.74) is 5.06. The van der Waals surface area contributed by atoms with Gasteiger partial charge in [-0.1, -0.05) is 13.8 Å². The molecule has 0 aliphatic rings. The summed E-state index contributed by atoms with van der Waals surface area (Å²) in [6.07, 6.45) is 0.819. The molecule has 0 radical (unpaired) electrons. The van der Waals surface area contributed by atoms with Crippen LogP contribution in [-0.2, 0) is 4.79 Å². The number of thiocarbonyl (C=S) groups is 1. The van der Waals surface area contributed by atoms with Crippen LogP contribution in [0.4, 0.5) is 0 Å². The van der Waals surface area contributed by atoms with Crippen LogP contribution in [-0.4, -0.2) is 18.1 Å². The van der Waals surface area contributed by atoms with Gasteiger partial charge < -0.3 is 5.32 Å². The van der Waals surface area contributed by atoms with Crippen molar-refractivity contribution in [2.24, 2.45) is 5.92 Å². The highest BCUT2D eigenvalue weighted by atomic mass is 32.1. The molecule has 1 atom stereocenters. The van der Waals surface area contributed by atoms with Crippen molar-refractivity contribution in [2.75, 3.05) is 7.05 Å². The average Bonchev–Trinajstić information content (AvgIpc) is 2.11. The summed E-state index contributed by atoms with van der Waals surface area (Å²) < 4.78 is 0. The van der Waals surface area contributed by atoms with Crippen LogP contribution in [0.2, 0.25) is 0 Å². The number of hydrogen-bond acceptors (Lipinski definition) is 2. The minimum Gasteiger partial charge on any atom is -0.364 e. The molecule has 0 spiro atoms. The summed E-state index contributed by atoms with van der Waals surface area (Å²) in [7, 11) is 1.69. The molecule has 12 heavy (non-hydrogen) atoms. The lowest BCUT2D eigenvalue weighted by atomic mass is 10.1. The fourth-order valence-corrected chi connectivity index (χ4v) is 0.540. The first kappa shape index (κ1) is 11.2. The quantitative estimate of drug-likeness (QED) is 0.428. The Labute approximate surface area is 78.1 Å². The molecule has 0 aromatic carbocycles. The molecule has 70 valence electrons. The molecule has 0 heterocycles. The van der Waals surface area contributed by atoms with Gasteiger partial charge in [-0.25, -0.2) is 0 Å². The van der Waals surface area contributed by atoms with E-state index in [1.807, 2.05) is 13.8 Å². The van der Waals surface area contributed by atoms with Gasteiger partial charge in [-0.3, -0.25) is 15.6 Å². The van der Waals surface area contributed by atoms with Crippen molar-refractivity contribution in [1.82, 2.24) is 16.2 Å². The highest BCUT2D eigenvalue weighted by molar-refractivity contribution is 7.80. The van der Waals surface area contributed by atoms with Gasteiger partial charge in [-0.15, -0.1) is 0 Å². The van der Waals surface area contributed by atoms with E-state index in [9.17, 15) is 4.79 Å². The molecule has 0 rings (SSSR count). The monoisotopic (exact) mass is 189 g/mol. The summed E-state index contributed by atoms with van der Waals surface area (Å²) in [4.78, 5) is 11.1. The summed E-state index contributed by atoms with van der Waals surface area (Å²) >= 11 is 4.76. The van der Waals surface area contributed by atoms with E-state index in [4.69, 9.17) is 12.2 Å². The third-order valence-corrected chi connectivity index (χ3v) is 1.89. The maximum absolute atomic E-state index is 11.1. The number of nitrogens with one attached hydrogen (secondary N) is 3. The van der Waals surface area contributed by atoms with Gasteiger partial charge in [-0.2, -0.15) is 0 Å². The lowest BCUT2D eigenvalue weighted by Gasteiger charge is -2.11. The summed E-state index contributed by atoms with van der Waals surface area (Å²) in [6, 6.07) is 0. The molecule has 0 bridgehead atoms. The van der Waals surface area contributed by atoms with Crippen molar-refractivity contribution < 1.29 is 4.79 Å². The number of amides is 1. The predicted molar refractivity (Wildman–Crippen MR) is 52.4 cm³/mol. The van der Waals surface area contributed by atoms with Crippen LogP contribution in [0.5, 0.6) is 0 Å². The maximum Gasteiger partial charge on any atom is 0.241 e. The number of hydrogen-bond donors (Lipinski definition) is 3. The Morgan fingerprint density at radius 1 is 1.50 bits per heavy atom. The number of hydrazine groups is 1. The van der Waals surface area contributed by atoms with Crippen molar-refractivity contribution in [3.8, 4) is 0 Å². The molecule has 0 aliphatic heterocycles. The number of carbonyl (C=O) groups is 1. The predicted octanol–water partition coefficient (Wildman–Crippen LogP) is 0.158. The van der Waals surface area contributed by atoms with Crippen LogP contribution in [0.1, 0.15) is 20.3 Å². The topological polar surface area (TPSA) is 53.2 Å². The van der Waals surface area contributed by atoms with Crippen molar-refractivity contribution in [3.05, 3.63) is 0 Å². The van der Waals surface area contributed by atoms with E-state index in [1.165, 1.54) is 0 Å². The molecule has 0 aromatic rings. The van der Waals surface area contributed by atoms with E-state index >= 15 is 0 Å². The lowest BCUT2D eigenvalue weighted by molar-refractivity contribution is -0.125. The van der Waals surface area contributed by atoms with Gasteiger partial charge in [0.15, 0.2) is 5.11 Å². The summed E-state index contributed by atoms with van der Waals surface area (Å²) in [5.74, 6) is -0.0349. The Morgan fingerprint density at radius 2 is 2.08 bits per heavy atom. The molecule has 0 aliphatic carbocycles. The lowest BCUT2D eigenvalue weighted by Crippen LogP contribution is -2.47. The van der Waals surface area contributed by atoms with Crippen LogP contribution in [0.25, 0.3) is 0 Å². The van der Waals surface area contributed by atoms with Gasteiger partial charge in [0.05, 0.1) is 0 Å². The molecule has 0 fully saturated rings. The Balaban J connectivity index is 3.64. The van der Waals surface area contributed by atoms with Crippen LogP contribution in [0.3, 0.4) is 0 Å². The molecule has 0 saturated heterocycles. The van der Waals surface area contributed by atoms with Crippen molar-refractivity contribution in [2.45, 2.75) is 20.3 Å². The highest BCUT2D eigenvalue weighted by Gasteiger charge is 2.09. The first-order valence-electron chi connectivity index (χ1n) is 3.89. The first-order valence-corrected chi connectivity index (χ1v) is 4.30. The third kappa shape index (κ3) is 4.12. The Kier molecular flexibility index (Phi) is 5.36. The first-order chi connectivity index (χ1) is 5.61. The van der Waals surface area contributed by atoms with Crippen molar-refractivity contribution in [1.29, 1.82) is 0 Å². The minimum absolute atomic E-state index is 0.0113. The number of carbonyl (C=O) groups excluding carboxylic acids is 1. The largest absolute Gasteiger partial charge is 0.364 e.